The Morgan fingerprint density at radius 1 is 1.31 bits per heavy atom. The van der Waals surface area contributed by atoms with Crippen molar-refractivity contribution in [1.29, 1.82) is 0 Å². The van der Waals surface area contributed by atoms with E-state index in [-0.39, 0.29) is 22.5 Å². The number of carbonyl (C=O) groups excluding carboxylic acids is 2. The lowest BCUT2D eigenvalue weighted by molar-refractivity contribution is -0.385. The maximum absolute atomic E-state index is 12.5. The molecule has 0 spiro atoms. The Kier molecular flexibility index (Phi) is 4.90. The Balaban J connectivity index is 1.73. The highest BCUT2D eigenvalue weighted by Crippen LogP contribution is 2.32. The number of esters is 1. The third-order valence-electron chi connectivity index (χ3n) is 4.18. The van der Waals surface area contributed by atoms with Crippen molar-refractivity contribution < 1.29 is 19.2 Å². The van der Waals surface area contributed by atoms with Gasteiger partial charge in [0.25, 0.3) is 11.6 Å². The second kappa shape index (κ2) is 7.13. The highest BCUT2D eigenvalue weighted by molar-refractivity contribution is 6.31. The fourth-order valence-corrected chi connectivity index (χ4v) is 3.21. The predicted molar refractivity (Wildman–Crippen MR) is 95.5 cm³/mol. The molecule has 26 heavy (non-hydrogen) atoms. The largest absolute Gasteiger partial charge is 0.452 e. The number of amides is 1. The molecule has 7 nitrogen and oxygen atoms in total. The lowest BCUT2D eigenvalue weighted by atomic mass is 10.1. The number of rotatable bonds is 4. The van der Waals surface area contributed by atoms with E-state index in [1.807, 2.05) is 31.2 Å². The van der Waals surface area contributed by atoms with Crippen molar-refractivity contribution in [2.45, 2.75) is 19.4 Å². The number of carbonyl (C=O) groups is 2. The normalized spacial score (nSPS) is 15.5. The van der Waals surface area contributed by atoms with Crippen LogP contribution in [0.1, 0.15) is 22.8 Å². The molecular formula is C18H15ClN2O5. The summed E-state index contributed by atoms with van der Waals surface area (Å²) in [6.45, 7) is 1.40. The van der Waals surface area contributed by atoms with E-state index in [1.165, 1.54) is 12.1 Å². The number of hydrogen-bond acceptors (Lipinski definition) is 5. The summed E-state index contributed by atoms with van der Waals surface area (Å²) in [5, 5.41) is 11.2. The fraction of sp³-hybridized carbons (Fsp3) is 0.222. The Morgan fingerprint density at radius 3 is 2.77 bits per heavy atom. The third kappa shape index (κ3) is 3.39. The molecule has 0 unspecified atom stereocenters. The van der Waals surface area contributed by atoms with Crippen LogP contribution in [-0.2, 0) is 16.0 Å². The molecule has 2 aromatic carbocycles. The maximum Gasteiger partial charge on any atom is 0.345 e. The molecule has 1 aliphatic rings. The molecule has 0 aromatic heterocycles. The summed E-state index contributed by atoms with van der Waals surface area (Å²) in [6.07, 6.45) is 0.721. The summed E-state index contributed by atoms with van der Waals surface area (Å²) in [5.74, 6) is -1.32. The van der Waals surface area contributed by atoms with Crippen molar-refractivity contribution in [3.05, 3.63) is 68.7 Å². The van der Waals surface area contributed by atoms with Gasteiger partial charge >= 0.3 is 5.97 Å². The first-order valence-electron chi connectivity index (χ1n) is 7.89. The maximum atomic E-state index is 12.5. The van der Waals surface area contributed by atoms with Crippen LogP contribution in [0.15, 0.2) is 42.5 Å². The lowest BCUT2D eigenvalue weighted by Gasteiger charge is -2.22. The Morgan fingerprint density at radius 2 is 2.04 bits per heavy atom. The van der Waals surface area contributed by atoms with Crippen molar-refractivity contribution >= 4 is 34.9 Å². The molecule has 0 fully saturated rings. The number of fused-ring (bicyclic) bond motifs is 1. The van der Waals surface area contributed by atoms with Gasteiger partial charge in [-0.15, -0.1) is 0 Å². The standard InChI is InChI=1S/C18H15ClN2O5/c1-11-8-12-4-2-3-5-15(12)20(11)17(22)10-26-18(23)14-7-6-13(19)9-16(14)21(24)25/h2-7,9,11H,8,10H2,1H3/t11-/m0/s1. The minimum absolute atomic E-state index is 0.0523. The van der Waals surface area contributed by atoms with Gasteiger partial charge in [-0.3, -0.25) is 14.9 Å². The lowest BCUT2D eigenvalue weighted by Crippen LogP contribution is -2.38. The minimum atomic E-state index is -0.943. The van der Waals surface area contributed by atoms with Gasteiger partial charge in [-0.2, -0.15) is 0 Å². The molecule has 0 aliphatic carbocycles. The van der Waals surface area contributed by atoms with Gasteiger partial charge in [0.05, 0.1) is 4.92 Å². The number of anilines is 1. The average Bonchev–Trinajstić information content (AvgIpc) is 2.95. The molecule has 0 bridgehead atoms. The van der Waals surface area contributed by atoms with Crippen molar-refractivity contribution in [3.8, 4) is 0 Å². The highest BCUT2D eigenvalue weighted by atomic mass is 35.5. The summed E-state index contributed by atoms with van der Waals surface area (Å²) in [6, 6.07) is 11.1. The number of nitro groups is 1. The number of halogens is 1. The molecule has 1 aliphatic heterocycles. The number of nitrogens with zero attached hydrogens (tertiary/aromatic N) is 2. The van der Waals surface area contributed by atoms with Crippen molar-refractivity contribution in [1.82, 2.24) is 0 Å². The minimum Gasteiger partial charge on any atom is -0.452 e. The summed E-state index contributed by atoms with van der Waals surface area (Å²) >= 11 is 5.73. The van der Waals surface area contributed by atoms with Crippen molar-refractivity contribution in [3.63, 3.8) is 0 Å². The molecule has 8 heteroatoms. The first-order valence-corrected chi connectivity index (χ1v) is 8.27. The monoisotopic (exact) mass is 374 g/mol. The van der Waals surface area contributed by atoms with E-state index in [0.717, 1.165) is 23.7 Å². The Hall–Kier alpha value is -2.93. The zero-order chi connectivity index (χ0) is 18.8. The third-order valence-corrected chi connectivity index (χ3v) is 4.41. The van der Waals surface area contributed by atoms with Crippen LogP contribution < -0.4 is 4.90 Å². The number of benzene rings is 2. The van der Waals surface area contributed by atoms with Crippen LogP contribution in [0, 0.1) is 10.1 Å². The molecule has 0 saturated heterocycles. The summed E-state index contributed by atoms with van der Waals surface area (Å²) in [5.41, 5.74) is 1.13. The van der Waals surface area contributed by atoms with E-state index in [9.17, 15) is 19.7 Å². The van der Waals surface area contributed by atoms with E-state index in [4.69, 9.17) is 16.3 Å². The van der Waals surface area contributed by atoms with Crippen LogP contribution in [0.3, 0.4) is 0 Å². The van der Waals surface area contributed by atoms with Gasteiger partial charge in [0.2, 0.25) is 0 Å². The smallest absolute Gasteiger partial charge is 0.345 e. The van der Waals surface area contributed by atoms with E-state index in [0.29, 0.717) is 0 Å². The van der Waals surface area contributed by atoms with Gasteiger partial charge in [0, 0.05) is 22.8 Å². The van der Waals surface area contributed by atoms with Crippen LogP contribution >= 0.6 is 11.6 Å². The van der Waals surface area contributed by atoms with Gasteiger partial charge < -0.3 is 9.64 Å². The van der Waals surface area contributed by atoms with E-state index >= 15 is 0 Å². The van der Waals surface area contributed by atoms with Crippen LogP contribution in [0.4, 0.5) is 11.4 Å². The zero-order valence-electron chi connectivity index (χ0n) is 13.8. The van der Waals surface area contributed by atoms with E-state index < -0.39 is 23.2 Å². The number of ether oxygens (including phenoxy) is 1. The fourth-order valence-electron chi connectivity index (χ4n) is 3.05. The molecule has 0 radical (unpaired) electrons. The average molecular weight is 375 g/mol. The molecular weight excluding hydrogens is 360 g/mol. The first-order chi connectivity index (χ1) is 12.4. The first kappa shape index (κ1) is 17.9. The van der Waals surface area contributed by atoms with Gasteiger partial charge in [-0.1, -0.05) is 29.8 Å². The van der Waals surface area contributed by atoms with Crippen LogP contribution in [0.5, 0.6) is 0 Å². The molecule has 0 N–H and O–H groups in total. The topological polar surface area (TPSA) is 89.8 Å². The summed E-state index contributed by atoms with van der Waals surface area (Å²) < 4.78 is 5.02. The van der Waals surface area contributed by atoms with E-state index in [1.54, 1.807) is 4.90 Å². The van der Waals surface area contributed by atoms with Crippen LogP contribution in [-0.4, -0.2) is 29.4 Å². The molecule has 2 aromatic rings. The van der Waals surface area contributed by atoms with Crippen LogP contribution in [0.25, 0.3) is 0 Å². The number of hydrogen-bond donors (Lipinski definition) is 0. The zero-order valence-corrected chi connectivity index (χ0v) is 14.6. The van der Waals surface area contributed by atoms with Crippen molar-refractivity contribution in [2.75, 3.05) is 11.5 Å². The molecule has 1 atom stereocenters. The molecule has 134 valence electrons. The predicted octanol–water partition coefficient (Wildman–Crippen LogP) is 3.38. The number of nitro benzene ring substituents is 1. The Bertz CT molecular complexity index is 899. The SMILES string of the molecule is C[C@H]1Cc2ccccc2N1C(=O)COC(=O)c1ccc(Cl)cc1[N+](=O)[O-]. The number of para-hydroxylation sites is 1. The molecule has 3 rings (SSSR count). The summed E-state index contributed by atoms with van der Waals surface area (Å²) in [4.78, 5) is 36.6. The van der Waals surface area contributed by atoms with Gasteiger partial charge in [-0.05, 0) is 37.1 Å². The summed E-state index contributed by atoms with van der Waals surface area (Å²) in [7, 11) is 0. The quantitative estimate of drug-likeness (QED) is 0.465. The second-order valence-corrected chi connectivity index (χ2v) is 6.38. The molecule has 1 amide bonds. The van der Waals surface area contributed by atoms with E-state index in [2.05, 4.69) is 0 Å². The van der Waals surface area contributed by atoms with Gasteiger partial charge in [0.15, 0.2) is 6.61 Å². The molecule has 0 saturated carbocycles. The molecule has 1 heterocycles. The second-order valence-electron chi connectivity index (χ2n) is 5.94. The highest BCUT2D eigenvalue weighted by Gasteiger charge is 2.31. The van der Waals surface area contributed by atoms with Crippen molar-refractivity contribution in [2.24, 2.45) is 0 Å². The van der Waals surface area contributed by atoms with Gasteiger partial charge in [0.1, 0.15) is 5.56 Å². The Labute approximate surface area is 154 Å². The van der Waals surface area contributed by atoms with Gasteiger partial charge in [-0.25, -0.2) is 4.79 Å². The van der Waals surface area contributed by atoms with Crippen LogP contribution in [0.2, 0.25) is 5.02 Å².